The Morgan fingerprint density at radius 2 is 1.86 bits per heavy atom. The van der Waals surface area contributed by atoms with Crippen molar-refractivity contribution in [2.75, 3.05) is 19.5 Å². The number of aryl methyl sites for hydroxylation is 1. The molecule has 0 atom stereocenters. The van der Waals surface area contributed by atoms with Crippen LogP contribution in [0.3, 0.4) is 0 Å². The third kappa shape index (κ3) is 3.86. The Balaban J connectivity index is 1.90. The highest BCUT2D eigenvalue weighted by molar-refractivity contribution is 5.99. The van der Waals surface area contributed by atoms with Crippen LogP contribution in [0.1, 0.15) is 50.8 Å². The van der Waals surface area contributed by atoms with Crippen molar-refractivity contribution in [2.45, 2.75) is 51.4 Å². The zero-order valence-corrected chi connectivity index (χ0v) is 17.5. The molecule has 6 nitrogen and oxygen atoms in total. The van der Waals surface area contributed by atoms with Crippen molar-refractivity contribution >= 4 is 11.7 Å². The molecule has 0 bridgehead atoms. The minimum absolute atomic E-state index is 0.0244. The molecule has 3 rings (SSSR count). The van der Waals surface area contributed by atoms with Crippen molar-refractivity contribution in [2.24, 2.45) is 13.0 Å². The van der Waals surface area contributed by atoms with Gasteiger partial charge in [-0.05, 0) is 42.9 Å². The summed E-state index contributed by atoms with van der Waals surface area (Å²) in [5, 5.41) is 7.68. The van der Waals surface area contributed by atoms with Crippen LogP contribution in [-0.4, -0.2) is 29.9 Å². The number of hydrogen-bond donors (Lipinski definition) is 1. The number of benzene rings is 1. The lowest BCUT2D eigenvalue weighted by Crippen LogP contribution is -2.38. The number of amides is 1. The van der Waals surface area contributed by atoms with Crippen molar-refractivity contribution in [1.29, 1.82) is 0 Å². The van der Waals surface area contributed by atoms with Gasteiger partial charge in [-0.15, -0.1) is 0 Å². The molecule has 1 N–H and O–H groups in total. The fraction of sp³-hybridized carbons (Fsp3) is 0.545. The topological polar surface area (TPSA) is 65.4 Å². The number of carbonyl (C=O) groups is 1. The number of nitrogens with one attached hydrogen (secondary N) is 1. The Morgan fingerprint density at radius 3 is 2.46 bits per heavy atom. The van der Waals surface area contributed by atoms with E-state index in [0.717, 1.165) is 49.2 Å². The molecule has 0 aliphatic heterocycles. The summed E-state index contributed by atoms with van der Waals surface area (Å²) >= 11 is 0. The van der Waals surface area contributed by atoms with Gasteiger partial charge in [0.15, 0.2) is 11.5 Å². The van der Waals surface area contributed by atoms with Crippen LogP contribution in [0, 0.1) is 5.92 Å². The standard InChI is InChI=1S/C22H31N3O3/c1-15(2)12-17-14-20(25(3)24-17)23-21(26)22(10-6-7-11-22)16-8-9-18(27-4)19(13-16)28-5/h8-9,13-15H,6-7,10-12H2,1-5H3,(H,23,26). The largest absolute Gasteiger partial charge is 0.493 e. The number of rotatable bonds is 7. The molecule has 28 heavy (non-hydrogen) atoms. The van der Waals surface area contributed by atoms with Crippen LogP contribution >= 0.6 is 0 Å². The summed E-state index contributed by atoms with van der Waals surface area (Å²) < 4.78 is 12.6. The highest BCUT2D eigenvalue weighted by Crippen LogP contribution is 2.44. The summed E-state index contributed by atoms with van der Waals surface area (Å²) in [7, 11) is 5.11. The van der Waals surface area contributed by atoms with E-state index in [1.807, 2.05) is 31.3 Å². The number of aromatic nitrogens is 2. The summed E-state index contributed by atoms with van der Waals surface area (Å²) in [6.45, 7) is 4.33. The lowest BCUT2D eigenvalue weighted by Gasteiger charge is -2.29. The van der Waals surface area contributed by atoms with E-state index in [-0.39, 0.29) is 5.91 Å². The van der Waals surface area contributed by atoms with E-state index in [4.69, 9.17) is 9.47 Å². The van der Waals surface area contributed by atoms with Gasteiger partial charge in [0.05, 0.1) is 25.3 Å². The molecular weight excluding hydrogens is 354 g/mol. The van der Waals surface area contributed by atoms with E-state index in [0.29, 0.717) is 17.4 Å². The lowest BCUT2D eigenvalue weighted by molar-refractivity contribution is -0.121. The van der Waals surface area contributed by atoms with E-state index in [1.54, 1.807) is 18.9 Å². The Bertz CT molecular complexity index is 836. The van der Waals surface area contributed by atoms with Crippen LogP contribution in [-0.2, 0) is 23.7 Å². The molecule has 0 spiro atoms. The van der Waals surface area contributed by atoms with Gasteiger partial charge in [0.1, 0.15) is 5.82 Å². The Morgan fingerprint density at radius 1 is 1.18 bits per heavy atom. The monoisotopic (exact) mass is 385 g/mol. The molecule has 1 heterocycles. The summed E-state index contributed by atoms with van der Waals surface area (Å²) in [4.78, 5) is 13.5. The molecule has 1 aliphatic carbocycles. The van der Waals surface area contributed by atoms with Gasteiger partial charge in [0.2, 0.25) is 5.91 Å². The number of hydrogen-bond acceptors (Lipinski definition) is 4. The van der Waals surface area contributed by atoms with Crippen molar-refractivity contribution < 1.29 is 14.3 Å². The second kappa shape index (κ2) is 8.25. The molecule has 1 aromatic carbocycles. The van der Waals surface area contributed by atoms with Crippen LogP contribution in [0.4, 0.5) is 5.82 Å². The van der Waals surface area contributed by atoms with E-state index in [9.17, 15) is 4.79 Å². The van der Waals surface area contributed by atoms with E-state index in [1.165, 1.54) is 0 Å². The summed E-state index contributed by atoms with van der Waals surface area (Å²) in [6, 6.07) is 7.79. The van der Waals surface area contributed by atoms with Gasteiger partial charge in [-0.25, -0.2) is 0 Å². The minimum atomic E-state index is -0.554. The Labute approximate surface area is 167 Å². The van der Waals surface area contributed by atoms with E-state index < -0.39 is 5.41 Å². The molecule has 2 aromatic rings. The summed E-state index contributed by atoms with van der Waals surface area (Å²) in [5.74, 6) is 2.61. The number of methoxy groups -OCH3 is 2. The molecule has 0 radical (unpaired) electrons. The molecule has 6 heteroatoms. The first-order valence-corrected chi connectivity index (χ1v) is 9.96. The van der Waals surface area contributed by atoms with Crippen molar-refractivity contribution in [3.63, 3.8) is 0 Å². The number of carbonyl (C=O) groups excluding carboxylic acids is 1. The van der Waals surface area contributed by atoms with Crippen LogP contribution in [0.25, 0.3) is 0 Å². The molecule has 1 saturated carbocycles. The third-order valence-corrected chi connectivity index (χ3v) is 5.62. The fourth-order valence-electron chi connectivity index (χ4n) is 4.16. The van der Waals surface area contributed by atoms with Gasteiger partial charge in [-0.2, -0.15) is 5.10 Å². The number of nitrogens with zero attached hydrogens (tertiary/aromatic N) is 2. The zero-order chi connectivity index (χ0) is 20.3. The van der Waals surface area contributed by atoms with E-state index >= 15 is 0 Å². The summed E-state index contributed by atoms with van der Waals surface area (Å²) in [5.41, 5.74) is 1.42. The predicted octanol–water partition coefficient (Wildman–Crippen LogP) is 4.09. The SMILES string of the molecule is COc1ccc(C2(C(=O)Nc3cc(CC(C)C)nn3C)CCCC2)cc1OC. The van der Waals surface area contributed by atoms with Crippen LogP contribution in [0.15, 0.2) is 24.3 Å². The third-order valence-electron chi connectivity index (χ3n) is 5.62. The maximum absolute atomic E-state index is 13.5. The molecular formula is C22H31N3O3. The molecule has 1 fully saturated rings. The highest BCUT2D eigenvalue weighted by atomic mass is 16.5. The normalized spacial score (nSPS) is 15.6. The first-order valence-electron chi connectivity index (χ1n) is 9.96. The predicted molar refractivity (Wildman–Crippen MR) is 110 cm³/mol. The second-order valence-electron chi connectivity index (χ2n) is 8.06. The van der Waals surface area contributed by atoms with Gasteiger partial charge in [-0.3, -0.25) is 9.48 Å². The Hall–Kier alpha value is -2.50. The van der Waals surface area contributed by atoms with Crippen molar-refractivity contribution in [3.8, 4) is 11.5 Å². The molecule has 1 aromatic heterocycles. The van der Waals surface area contributed by atoms with Crippen molar-refractivity contribution in [3.05, 3.63) is 35.5 Å². The maximum atomic E-state index is 13.5. The maximum Gasteiger partial charge on any atom is 0.236 e. The van der Waals surface area contributed by atoms with Crippen LogP contribution in [0.2, 0.25) is 0 Å². The van der Waals surface area contributed by atoms with Gasteiger partial charge in [0.25, 0.3) is 0 Å². The molecule has 1 amide bonds. The molecule has 0 unspecified atom stereocenters. The molecule has 1 aliphatic rings. The van der Waals surface area contributed by atoms with Crippen molar-refractivity contribution in [1.82, 2.24) is 9.78 Å². The first-order chi connectivity index (χ1) is 13.4. The minimum Gasteiger partial charge on any atom is -0.493 e. The van der Waals surface area contributed by atoms with Gasteiger partial charge in [-0.1, -0.05) is 32.8 Å². The first kappa shape index (κ1) is 20.2. The second-order valence-corrected chi connectivity index (χ2v) is 8.06. The Kier molecular flexibility index (Phi) is 5.96. The quantitative estimate of drug-likeness (QED) is 0.780. The zero-order valence-electron chi connectivity index (χ0n) is 17.5. The van der Waals surface area contributed by atoms with Gasteiger partial charge in [0, 0.05) is 13.1 Å². The van der Waals surface area contributed by atoms with E-state index in [2.05, 4.69) is 24.3 Å². The van der Waals surface area contributed by atoms with Gasteiger partial charge < -0.3 is 14.8 Å². The smallest absolute Gasteiger partial charge is 0.236 e. The fourth-order valence-corrected chi connectivity index (χ4v) is 4.16. The van der Waals surface area contributed by atoms with Gasteiger partial charge >= 0.3 is 0 Å². The average molecular weight is 386 g/mol. The number of ether oxygens (including phenoxy) is 2. The lowest BCUT2D eigenvalue weighted by atomic mass is 9.77. The van der Waals surface area contributed by atoms with Crippen LogP contribution in [0.5, 0.6) is 11.5 Å². The molecule has 0 saturated heterocycles. The highest BCUT2D eigenvalue weighted by Gasteiger charge is 2.43. The van der Waals surface area contributed by atoms with Crippen LogP contribution < -0.4 is 14.8 Å². The number of anilines is 1. The average Bonchev–Trinajstić information content (AvgIpc) is 3.28. The molecule has 152 valence electrons. The summed E-state index contributed by atoms with van der Waals surface area (Å²) in [6.07, 6.45) is 4.61.